The Hall–Kier alpha value is -1.60. The maximum atomic E-state index is 3.64. The predicted molar refractivity (Wildman–Crippen MR) is 84.9 cm³/mol. The van der Waals surface area contributed by atoms with Gasteiger partial charge in [-0.2, -0.15) is 0 Å². The summed E-state index contributed by atoms with van der Waals surface area (Å²) in [5.41, 5.74) is 5.67. The second-order valence-electron chi connectivity index (χ2n) is 5.98. The maximum Gasteiger partial charge on any atom is 0.0297 e. The van der Waals surface area contributed by atoms with Crippen molar-refractivity contribution in [2.75, 3.05) is 0 Å². The van der Waals surface area contributed by atoms with Crippen molar-refractivity contribution in [3.8, 4) is 0 Å². The van der Waals surface area contributed by atoms with Crippen molar-refractivity contribution < 1.29 is 0 Å². The van der Waals surface area contributed by atoms with Gasteiger partial charge in [0.25, 0.3) is 0 Å². The van der Waals surface area contributed by atoms with Crippen LogP contribution in [0, 0.1) is 6.92 Å². The third kappa shape index (κ3) is 3.10. The zero-order valence-corrected chi connectivity index (χ0v) is 12.4. The molecule has 0 bridgehead atoms. The summed E-state index contributed by atoms with van der Waals surface area (Å²) in [6.07, 6.45) is 2.74. The highest BCUT2D eigenvalue weighted by molar-refractivity contribution is 5.30. The number of aryl methyl sites for hydroxylation is 1. The number of rotatable bonds is 5. The number of hydrogen-bond acceptors (Lipinski definition) is 1. The monoisotopic (exact) mass is 265 g/mol. The Bertz CT molecular complexity index is 584. The Morgan fingerprint density at radius 3 is 2.65 bits per heavy atom. The van der Waals surface area contributed by atoms with Crippen molar-refractivity contribution >= 4 is 0 Å². The summed E-state index contributed by atoms with van der Waals surface area (Å²) in [5.74, 6) is 0.837. The summed E-state index contributed by atoms with van der Waals surface area (Å²) >= 11 is 0. The van der Waals surface area contributed by atoms with Crippen molar-refractivity contribution in [1.82, 2.24) is 5.32 Å². The third-order valence-corrected chi connectivity index (χ3v) is 4.27. The van der Waals surface area contributed by atoms with E-state index in [0.717, 1.165) is 12.5 Å². The summed E-state index contributed by atoms with van der Waals surface area (Å²) in [5, 5.41) is 3.64. The lowest BCUT2D eigenvalue weighted by molar-refractivity contribution is 0.572. The molecule has 0 heterocycles. The van der Waals surface area contributed by atoms with Gasteiger partial charge in [-0.25, -0.2) is 0 Å². The van der Waals surface area contributed by atoms with E-state index in [4.69, 9.17) is 0 Å². The van der Waals surface area contributed by atoms with Crippen molar-refractivity contribution in [2.45, 2.75) is 45.2 Å². The minimum atomic E-state index is 0.390. The average molecular weight is 265 g/mol. The van der Waals surface area contributed by atoms with Gasteiger partial charge in [0.2, 0.25) is 0 Å². The van der Waals surface area contributed by atoms with Crippen LogP contribution >= 0.6 is 0 Å². The van der Waals surface area contributed by atoms with Crippen LogP contribution in [0.1, 0.15) is 54.0 Å². The van der Waals surface area contributed by atoms with Gasteiger partial charge in [-0.3, -0.25) is 0 Å². The molecule has 1 aliphatic rings. The molecule has 2 aromatic rings. The minimum absolute atomic E-state index is 0.390. The Balaban J connectivity index is 1.64. The normalized spacial score (nSPS) is 16.1. The van der Waals surface area contributed by atoms with E-state index in [1.807, 2.05) is 0 Å². The fourth-order valence-corrected chi connectivity index (χ4v) is 2.83. The van der Waals surface area contributed by atoms with Crippen molar-refractivity contribution in [3.63, 3.8) is 0 Å². The van der Waals surface area contributed by atoms with Crippen molar-refractivity contribution in [2.24, 2.45) is 0 Å². The molecule has 1 unspecified atom stereocenters. The van der Waals surface area contributed by atoms with E-state index in [9.17, 15) is 0 Å². The van der Waals surface area contributed by atoms with E-state index in [1.54, 1.807) is 0 Å². The highest BCUT2D eigenvalue weighted by Gasteiger charge is 2.23. The lowest BCUT2D eigenvalue weighted by Crippen LogP contribution is -2.18. The molecule has 1 saturated carbocycles. The molecule has 1 fully saturated rings. The van der Waals surface area contributed by atoms with Gasteiger partial charge in [-0.15, -0.1) is 0 Å². The average Bonchev–Trinajstić information content (AvgIpc) is 3.30. The molecule has 1 heteroatoms. The molecule has 0 aliphatic heterocycles. The molecular weight excluding hydrogens is 242 g/mol. The first-order valence-corrected chi connectivity index (χ1v) is 7.62. The largest absolute Gasteiger partial charge is 0.306 e. The quantitative estimate of drug-likeness (QED) is 0.824. The molecule has 0 spiro atoms. The number of benzene rings is 2. The van der Waals surface area contributed by atoms with Crippen LogP contribution in [0.3, 0.4) is 0 Å². The Morgan fingerprint density at radius 1 is 1.10 bits per heavy atom. The van der Waals surface area contributed by atoms with Gasteiger partial charge in [0.05, 0.1) is 0 Å². The molecule has 0 aromatic heterocycles. The van der Waals surface area contributed by atoms with E-state index >= 15 is 0 Å². The summed E-state index contributed by atoms with van der Waals surface area (Å²) in [7, 11) is 0. The molecular formula is C19H23N. The first-order valence-electron chi connectivity index (χ1n) is 7.62. The van der Waals surface area contributed by atoms with Gasteiger partial charge in [-0.05, 0) is 54.9 Å². The summed E-state index contributed by atoms with van der Waals surface area (Å²) in [4.78, 5) is 0. The SMILES string of the molecule is Cc1ccccc1C(C)NCc1cccc(C2CC2)c1. The lowest BCUT2D eigenvalue weighted by atomic mass is 10.0. The van der Waals surface area contributed by atoms with Crippen LogP contribution in [0.4, 0.5) is 0 Å². The van der Waals surface area contributed by atoms with Crippen LogP contribution in [-0.4, -0.2) is 0 Å². The maximum absolute atomic E-state index is 3.64. The Labute approximate surface area is 122 Å². The van der Waals surface area contributed by atoms with Crippen LogP contribution in [0.25, 0.3) is 0 Å². The molecule has 2 aromatic carbocycles. The van der Waals surface area contributed by atoms with E-state index in [1.165, 1.54) is 35.1 Å². The molecule has 1 nitrogen and oxygen atoms in total. The summed E-state index contributed by atoms with van der Waals surface area (Å²) in [6.45, 7) is 5.37. The van der Waals surface area contributed by atoms with Gasteiger partial charge >= 0.3 is 0 Å². The van der Waals surface area contributed by atoms with Gasteiger partial charge < -0.3 is 5.32 Å². The molecule has 1 N–H and O–H groups in total. The Morgan fingerprint density at radius 2 is 1.90 bits per heavy atom. The predicted octanol–water partition coefficient (Wildman–Crippen LogP) is 4.72. The first-order chi connectivity index (χ1) is 9.74. The van der Waals surface area contributed by atoms with Crippen LogP contribution in [-0.2, 0) is 6.54 Å². The fourth-order valence-electron chi connectivity index (χ4n) is 2.83. The lowest BCUT2D eigenvalue weighted by Gasteiger charge is -2.17. The molecule has 20 heavy (non-hydrogen) atoms. The van der Waals surface area contributed by atoms with Crippen LogP contribution < -0.4 is 5.32 Å². The fraction of sp³-hybridized carbons (Fsp3) is 0.368. The van der Waals surface area contributed by atoms with Crippen LogP contribution in [0.2, 0.25) is 0 Å². The highest BCUT2D eigenvalue weighted by Crippen LogP contribution is 2.40. The molecule has 0 saturated heterocycles. The molecule has 1 atom stereocenters. The zero-order chi connectivity index (χ0) is 13.9. The van der Waals surface area contributed by atoms with E-state index in [-0.39, 0.29) is 0 Å². The topological polar surface area (TPSA) is 12.0 Å². The standard InChI is InChI=1S/C19H23N/c1-14-6-3-4-9-19(14)15(2)20-13-16-7-5-8-18(12-16)17-10-11-17/h3-9,12,15,17,20H,10-11,13H2,1-2H3. The number of hydrogen-bond donors (Lipinski definition) is 1. The van der Waals surface area contributed by atoms with E-state index < -0.39 is 0 Å². The molecule has 1 aliphatic carbocycles. The first kappa shape index (κ1) is 13.4. The van der Waals surface area contributed by atoms with Gasteiger partial charge in [0.1, 0.15) is 0 Å². The minimum Gasteiger partial charge on any atom is -0.306 e. The summed E-state index contributed by atoms with van der Waals surface area (Å²) in [6, 6.07) is 18.1. The van der Waals surface area contributed by atoms with Crippen molar-refractivity contribution in [1.29, 1.82) is 0 Å². The van der Waals surface area contributed by atoms with Gasteiger partial charge in [0, 0.05) is 12.6 Å². The second kappa shape index (κ2) is 5.80. The zero-order valence-electron chi connectivity index (χ0n) is 12.4. The van der Waals surface area contributed by atoms with Gasteiger partial charge in [0.15, 0.2) is 0 Å². The third-order valence-electron chi connectivity index (χ3n) is 4.27. The van der Waals surface area contributed by atoms with Gasteiger partial charge in [-0.1, -0.05) is 48.5 Å². The Kier molecular flexibility index (Phi) is 3.88. The summed E-state index contributed by atoms with van der Waals surface area (Å²) < 4.78 is 0. The molecule has 3 rings (SSSR count). The molecule has 0 amide bonds. The van der Waals surface area contributed by atoms with Crippen LogP contribution in [0.15, 0.2) is 48.5 Å². The van der Waals surface area contributed by atoms with E-state index in [2.05, 4.69) is 67.7 Å². The highest BCUT2D eigenvalue weighted by atomic mass is 14.9. The second-order valence-corrected chi connectivity index (χ2v) is 5.98. The van der Waals surface area contributed by atoms with Crippen molar-refractivity contribution in [3.05, 3.63) is 70.8 Å². The number of nitrogens with one attached hydrogen (secondary N) is 1. The smallest absolute Gasteiger partial charge is 0.0297 e. The molecule has 104 valence electrons. The van der Waals surface area contributed by atoms with Crippen LogP contribution in [0.5, 0.6) is 0 Å². The molecule has 0 radical (unpaired) electrons. The van der Waals surface area contributed by atoms with E-state index in [0.29, 0.717) is 6.04 Å².